The van der Waals surface area contributed by atoms with Gasteiger partial charge >= 0.3 is 5.97 Å². The summed E-state index contributed by atoms with van der Waals surface area (Å²) >= 11 is 0. The van der Waals surface area contributed by atoms with Crippen LogP contribution in [-0.4, -0.2) is 142 Å². The first kappa shape index (κ1) is 58.6. The summed E-state index contributed by atoms with van der Waals surface area (Å²) in [5, 5.41) is 72.0. The van der Waals surface area contributed by atoms with Crippen molar-refractivity contribution in [1.29, 1.82) is 0 Å². The molecule has 2 fully saturated rings. The van der Waals surface area contributed by atoms with E-state index in [0.29, 0.717) is 13.0 Å². The van der Waals surface area contributed by atoms with Crippen LogP contribution in [-0.2, 0) is 33.2 Å². The predicted octanol–water partition coefficient (Wildman–Crippen LogP) is 6.73. The van der Waals surface area contributed by atoms with Crippen molar-refractivity contribution in [2.75, 3.05) is 33.0 Å². The molecule has 0 bridgehead atoms. The van der Waals surface area contributed by atoms with Gasteiger partial charge in [-0.1, -0.05) is 157 Å². The van der Waals surface area contributed by atoms with E-state index in [0.717, 1.165) is 57.8 Å². The number of ether oxygens (including phenoxy) is 6. The maximum atomic E-state index is 12.9. The molecule has 0 aromatic rings. The topological polar surface area (TPSA) is 214 Å². The Morgan fingerprint density at radius 2 is 0.969 bits per heavy atom. The fraction of sp³-hybridized carbons (Fsp3) is 0.745. The van der Waals surface area contributed by atoms with Crippen LogP contribution in [0.5, 0.6) is 0 Å². The molecule has 11 atom stereocenters. The van der Waals surface area contributed by atoms with E-state index >= 15 is 0 Å². The standard InChI is InChI=1S/C51H86O14/c1-3-5-7-9-11-13-15-17-18-19-20-21-22-23-24-26-28-30-32-34-43(53)63-40(37-60-35-33-31-29-27-25-16-14-12-10-8-6-4-2)38-61-50-49(59)47(57)45(55)42(65-50)39-62-51-48(58)46(56)44(54)41(36-52)64-51/h5,7,11,13,17-18,20-21,23-24,28,30,40-42,44-52,54-59H,3-4,6,8-10,12,14-16,19,22,25-27,29,31-39H2,1-2H3/b7-5-,13-11-,18-17-,21-20-,24-23-,30-28-. The van der Waals surface area contributed by atoms with Gasteiger partial charge in [0.05, 0.1) is 26.4 Å². The lowest BCUT2D eigenvalue weighted by molar-refractivity contribution is -0.332. The summed E-state index contributed by atoms with van der Waals surface area (Å²) in [5.41, 5.74) is 0. The molecule has 0 amide bonds. The second-order valence-electron chi connectivity index (χ2n) is 16.9. The van der Waals surface area contributed by atoms with Crippen LogP contribution in [0.15, 0.2) is 72.9 Å². The molecule has 0 saturated carbocycles. The highest BCUT2D eigenvalue weighted by Gasteiger charge is 2.47. The molecule has 2 aliphatic rings. The predicted molar refractivity (Wildman–Crippen MR) is 252 cm³/mol. The quantitative estimate of drug-likeness (QED) is 0.0196. The normalized spacial score (nSPS) is 27.2. The summed E-state index contributed by atoms with van der Waals surface area (Å²) in [4.78, 5) is 12.9. The van der Waals surface area contributed by atoms with E-state index in [1.165, 1.54) is 57.8 Å². The molecule has 2 saturated heterocycles. The molecule has 14 heteroatoms. The Kier molecular flexibility index (Phi) is 34.6. The minimum Gasteiger partial charge on any atom is -0.457 e. The Hall–Kier alpha value is -2.57. The van der Waals surface area contributed by atoms with Gasteiger partial charge in [0.1, 0.15) is 54.9 Å². The summed E-state index contributed by atoms with van der Waals surface area (Å²) < 4.78 is 34.1. The highest BCUT2D eigenvalue weighted by atomic mass is 16.7. The van der Waals surface area contributed by atoms with E-state index in [1.54, 1.807) is 0 Å². The van der Waals surface area contributed by atoms with Crippen molar-refractivity contribution in [3.05, 3.63) is 72.9 Å². The smallest absolute Gasteiger partial charge is 0.306 e. The Labute approximate surface area is 389 Å². The van der Waals surface area contributed by atoms with Crippen molar-refractivity contribution >= 4 is 5.97 Å². The van der Waals surface area contributed by atoms with Crippen LogP contribution in [0.1, 0.15) is 142 Å². The van der Waals surface area contributed by atoms with Crippen molar-refractivity contribution in [1.82, 2.24) is 0 Å². The second-order valence-corrected chi connectivity index (χ2v) is 16.9. The molecule has 0 radical (unpaired) electrons. The monoisotopic (exact) mass is 923 g/mol. The minimum atomic E-state index is -1.72. The van der Waals surface area contributed by atoms with Gasteiger partial charge in [0.2, 0.25) is 0 Å². The van der Waals surface area contributed by atoms with Crippen LogP contribution < -0.4 is 0 Å². The lowest BCUT2D eigenvalue weighted by Crippen LogP contribution is -2.61. The minimum absolute atomic E-state index is 0.0291. The largest absolute Gasteiger partial charge is 0.457 e. The third-order valence-electron chi connectivity index (χ3n) is 11.2. The van der Waals surface area contributed by atoms with Crippen LogP contribution in [0.4, 0.5) is 0 Å². The van der Waals surface area contributed by atoms with Crippen molar-refractivity contribution in [3.63, 3.8) is 0 Å². The molecule has 2 heterocycles. The zero-order valence-electron chi connectivity index (χ0n) is 39.4. The third kappa shape index (κ3) is 26.5. The summed E-state index contributed by atoms with van der Waals surface area (Å²) in [5.74, 6) is -0.460. The van der Waals surface area contributed by atoms with Crippen molar-refractivity contribution < 1.29 is 69.0 Å². The number of carbonyl (C=O) groups is 1. The molecular weight excluding hydrogens is 837 g/mol. The van der Waals surface area contributed by atoms with Gasteiger partial charge in [-0.25, -0.2) is 0 Å². The molecule has 0 aromatic carbocycles. The number of hydrogen-bond donors (Lipinski definition) is 7. The van der Waals surface area contributed by atoms with Crippen molar-refractivity contribution in [3.8, 4) is 0 Å². The van der Waals surface area contributed by atoms with Gasteiger partial charge in [-0.15, -0.1) is 0 Å². The molecular formula is C51H86O14. The van der Waals surface area contributed by atoms with Gasteiger partial charge in [0, 0.05) is 13.0 Å². The number of aliphatic hydroxyl groups is 7. The van der Waals surface area contributed by atoms with Crippen molar-refractivity contribution in [2.45, 2.75) is 210 Å². The van der Waals surface area contributed by atoms with E-state index in [9.17, 15) is 40.5 Å². The summed E-state index contributed by atoms with van der Waals surface area (Å²) in [6.45, 7) is 3.45. The molecule has 2 aliphatic heterocycles. The number of esters is 1. The molecule has 0 aliphatic carbocycles. The number of unbranched alkanes of at least 4 members (excludes halogenated alkanes) is 11. The lowest BCUT2D eigenvalue weighted by atomic mass is 9.98. The van der Waals surface area contributed by atoms with Gasteiger partial charge in [-0.2, -0.15) is 0 Å². The number of carbonyl (C=O) groups excluding carboxylic acids is 1. The zero-order valence-corrected chi connectivity index (χ0v) is 39.4. The average molecular weight is 923 g/mol. The fourth-order valence-electron chi connectivity index (χ4n) is 7.25. The third-order valence-corrected chi connectivity index (χ3v) is 11.2. The Balaban J connectivity index is 1.82. The maximum absolute atomic E-state index is 12.9. The van der Waals surface area contributed by atoms with E-state index in [-0.39, 0.29) is 19.6 Å². The Morgan fingerprint density at radius 1 is 0.523 bits per heavy atom. The number of aliphatic hydroxyl groups excluding tert-OH is 7. The maximum Gasteiger partial charge on any atom is 0.306 e. The molecule has 7 N–H and O–H groups in total. The fourth-order valence-corrected chi connectivity index (χ4v) is 7.25. The Morgan fingerprint density at radius 3 is 1.48 bits per heavy atom. The van der Waals surface area contributed by atoms with Crippen molar-refractivity contribution in [2.24, 2.45) is 0 Å². The highest BCUT2D eigenvalue weighted by molar-refractivity contribution is 5.69. The summed E-state index contributed by atoms with van der Waals surface area (Å²) in [6.07, 6.45) is 29.8. The van der Waals surface area contributed by atoms with Crippen LogP contribution in [0.2, 0.25) is 0 Å². The van der Waals surface area contributed by atoms with E-state index in [4.69, 9.17) is 28.4 Å². The zero-order chi connectivity index (χ0) is 47.3. The van der Waals surface area contributed by atoms with E-state index in [2.05, 4.69) is 74.6 Å². The van der Waals surface area contributed by atoms with Gasteiger partial charge < -0.3 is 64.2 Å². The summed E-state index contributed by atoms with van der Waals surface area (Å²) in [6, 6.07) is 0. The molecule has 374 valence electrons. The van der Waals surface area contributed by atoms with E-state index < -0.39 is 86.7 Å². The molecule has 11 unspecified atom stereocenters. The molecule has 0 aromatic heterocycles. The van der Waals surface area contributed by atoms with Crippen LogP contribution in [0.25, 0.3) is 0 Å². The highest BCUT2D eigenvalue weighted by Crippen LogP contribution is 2.26. The van der Waals surface area contributed by atoms with Crippen LogP contribution in [0.3, 0.4) is 0 Å². The Bertz CT molecular complexity index is 1350. The SMILES string of the molecule is CC/C=C\C/C=C\C/C=C\C/C=C\C/C=C\C/C=C\CCC(=O)OC(COCCCCCCCCCCCCCC)COC1OC(COC2OC(CO)C(O)C(O)C2O)C(O)C(O)C1O. The van der Waals surface area contributed by atoms with Crippen LogP contribution in [0, 0.1) is 0 Å². The molecule has 65 heavy (non-hydrogen) atoms. The number of hydrogen-bond acceptors (Lipinski definition) is 14. The lowest BCUT2D eigenvalue weighted by Gasteiger charge is -2.42. The van der Waals surface area contributed by atoms with Crippen LogP contribution >= 0.6 is 0 Å². The van der Waals surface area contributed by atoms with Gasteiger partial charge in [-0.05, 0) is 51.4 Å². The number of rotatable bonds is 37. The first-order chi connectivity index (χ1) is 31.6. The molecule has 2 rings (SSSR count). The number of allylic oxidation sites excluding steroid dienone is 12. The first-order valence-electron chi connectivity index (χ1n) is 24.5. The summed E-state index contributed by atoms with van der Waals surface area (Å²) in [7, 11) is 0. The van der Waals surface area contributed by atoms with E-state index in [1.807, 2.05) is 12.2 Å². The molecule has 14 nitrogen and oxygen atoms in total. The second kappa shape index (κ2) is 38.4. The van der Waals surface area contributed by atoms with Gasteiger partial charge in [-0.3, -0.25) is 4.79 Å². The van der Waals surface area contributed by atoms with Gasteiger partial charge in [0.15, 0.2) is 12.6 Å². The van der Waals surface area contributed by atoms with Gasteiger partial charge in [0.25, 0.3) is 0 Å². The first-order valence-corrected chi connectivity index (χ1v) is 24.5. The molecule has 0 spiro atoms. The average Bonchev–Trinajstić information content (AvgIpc) is 3.30.